The summed E-state index contributed by atoms with van der Waals surface area (Å²) < 4.78 is 0. The van der Waals surface area contributed by atoms with Crippen LogP contribution in [-0.4, -0.2) is 29.0 Å². The number of hydrogen-bond donors (Lipinski definition) is 2. The maximum atomic E-state index is 11.9. The first-order valence-electron chi connectivity index (χ1n) is 7.48. The number of unbranched alkanes of at least 4 members (excludes halogenated alkanes) is 2. The molecule has 1 aromatic heterocycles. The third-order valence-electron chi connectivity index (χ3n) is 2.96. The molecule has 0 radical (unpaired) electrons. The summed E-state index contributed by atoms with van der Waals surface area (Å²) >= 11 is 0. The molecule has 1 rings (SSSR count). The summed E-state index contributed by atoms with van der Waals surface area (Å²) in [6.45, 7) is 8.00. The molecule has 0 aromatic carbocycles. The molecule has 0 aliphatic heterocycles. The van der Waals surface area contributed by atoms with Gasteiger partial charge in [-0.15, -0.1) is 0 Å². The molecule has 0 unspecified atom stereocenters. The van der Waals surface area contributed by atoms with Gasteiger partial charge in [-0.3, -0.25) is 4.79 Å². The van der Waals surface area contributed by atoms with Crippen molar-refractivity contribution in [2.24, 2.45) is 5.92 Å². The van der Waals surface area contributed by atoms with E-state index >= 15 is 0 Å². The van der Waals surface area contributed by atoms with Crippen LogP contribution in [0.4, 0.5) is 5.95 Å². The molecule has 1 aromatic rings. The van der Waals surface area contributed by atoms with Gasteiger partial charge in [-0.2, -0.15) is 0 Å². The number of carbonyl (C=O) groups is 1. The summed E-state index contributed by atoms with van der Waals surface area (Å²) in [6.07, 6.45) is 5.95. The number of amides is 1. The third kappa shape index (κ3) is 6.50. The lowest BCUT2D eigenvalue weighted by Crippen LogP contribution is -2.25. The van der Waals surface area contributed by atoms with Crippen LogP contribution in [0, 0.1) is 5.92 Å². The smallest absolute Gasteiger partial charge is 0.270 e. The van der Waals surface area contributed by atoms with E-state index in [1.165, 1.54) is 0 Å². The number of nitrogens with one attached hydrogen (secondary N) is 2. The van der Waals surface area contributed by atoms with Gasteiger partial charge in [0.15, 0.2) is 0 Å². The first kappa shape index (κ1) is 16.4. The zero-order valence-corrected chi connectivity index (χ0v) is 12.8. The summed E-state index contributed by atoms with van der Waals surface area (Å²) in [5.74, 6) is 1.02. The predicted octanol–water partition coefficient (Wildman–Crippen LogP) is 2.85. The van der Waals surface area contributed by atoms with Crippen LogP contribution >= 0.6 is 0 Å². The Hall–Kier alpha value is -1.65. The Bertz CT molecular complexity index is 407. The van der Waals surface area contributed by atoms with E-state index in [1.807, 2.05) is 0 Å². The van der Waals surface area contributed by atoms with Crippen molar-refractivity contribution in [3.63, 3.8) is 0 Å². The fourth-order valence-electron chi connectivity index (χ4n) is 1.71. The second kappa shape index (κ2) is 9.28. The van der Waals surface area contributed by atoms with Crippen LogP contribution in [0.25, 0.3) is 0 Å². The molecule has 5 heteroatoms. The highest BCUT2D eigenvalue weighted by Gasteiger charge is 2.07. The molecule has 0 spiro atoms. The normalized spacial score (nSPS) is 10.6. The van der Waals surface area contributed by atoms with Crippen LogP contribution < -0.4 is 10.6 Å². The largest absolute Gasteiger partial charge is 0.354 e. The molecule has 0 aliphatic rings. The zero-order chi connectivity index (χ0) is 14.8. The Labute approximate surface area is 121 Å². The van der Waals surface area contributed by atoms with Crippen LogP contribution in [0.3, 0.4) is 0 Å². The van der Waals surface area contributed by atoms with E-state index in [0.717, 1.165) is 32.2 Å². The van der Waals surface area contributed by atoms with Crippen molar-refractivity contribution < 1.29 is 4.79 Å². The van der Waals surface area contributed by atoms with Crippen LogP contribution in [0.2, 0.25) is 0 Å². The molecule has 5 nitrogen and oxygen atoms in total. The van der Waals surface area contributed by atoms with Gasteiger partial charge in [-0.1, -0.05) is 33.6 Å². The van der Waals surface area contributed by atoms with Gasteiger partial charge in [0.1, 0.15) is 5.69 Å². The van der Waals surface area contributed by atoms with Gasteiger partial charge < -0.3 is 10.6 Å². The topological polar surface area (TPSA) is 66.9 Å². The standard InChI is InChI=1S/C15H26N4O/c1-4-5-6-9-16-14(20)13-8-11-18-15(19-13)17-10-7-12(2)3/h8,11-12H,4-7,9-10H2,1-3H3,(H,16,20)(H,17,18,19). The number of aromatic nitrogens is 2. The summed E-state index contributed by atoms with van der Waals surface area (Å²) in [4.78, 5) is 20.3. The van der Waals surface area contributed by atoms with Gasteiger partial charge in [0, 0.05) is 19.3 Å². The number of nitrogens with zero attached hydrogens (tertiary/aromatic N) is 2. The van der Waals surface area contributed by atoms with E-state index < -0.39 is 0 Å². The average molecular weight is 278 g/mol. The van der Waals surface area contributed by atoms with E-state index in [4.69, 9.17) is 0 Å². The van der Waals surface area contributed by atoms with Crippen molar-refractivity contribution >= 4 is 11.9 Å². The van der Waals surface area contributed by atoms with Gasteiger partial charge >= 0.3 is 0 Å². The number of hydrogen-bond acceptors (Lipinski definition) is 4. The minimum absolute atomic E-state index is 0.129. The van der Waals surface area contributed by atoms with E-state index in [2.05, 4.69) is 41.4 Å². The van der Waals surface area contributed by atoms with E-state index in [1.54, 1.807) is 12.3 Å². The Kier molecular flexibility index (Phi) is 7.62. The molecule has 2 N–H and O–H groups in total. The van der Waals surface area contributed by atoms with Gasteiger partial charge in [0.25, 0.3) is 5.91 Å². The quantitative estimate of drug-likeness (QED) is 0.682. The lowest BCUT2D eigenvalue weighted by atomic mass is 10.1. The molecule has 112 valence electrons. The monoisotopic (exact) mass is 278 g/mol. The maximum Gasteiger partial charge on any atom is 0.270 e. The lowest BCUT2D eigenvalue weighted by Gasteiger charge is -2.08. The Morgan fingerprint density at radius 2 is 2.10 bits per heavy atom. The molecule has 0 aliphatic carbocycles. The second-order valence-corrected chi connectivity index (χ2v) is 5.34. The van der Waals surface area contributed by atoms with E-state index in [-0.39, 0.29) is 5.91 Å². The van der Waals surface area contributed by atoms with Crippen molar-refractivity contribution in [2.75, 3.05) is 18.4 Å². The van der Waals surface area contributed by atoms with Crippen molar-refractivity contribution in [2.45, 2.75) is 46.5 Å². The number of anilines is 1. The summed E-state index contributed by atoms with van der Waals surface area (Å²) in [5.41, 5.74) is 0.420. The average Bonchev–Trinajstić information content (AvgIpc) is 2.43. The van der Waals surface area contributed by atoms with E-state index in [0.29, 0.717) is 24.1 Å². The molecule has 0 saturated carbocycles. The number of carbonyl (C=O) groups excluding carboxylic acids is 1. The molecule has 0 fully saturated rings. The second-order valence-electron chi connectivity index (χ2n) is 5.34. The van der Waals surface area contributed by atoms with Crippen LogP contribution in [0.1, 0.15) is 56.9 Å². The third-order valence-corrected chi connectivity index (χ3v) is 2.96. The van der Waals surface area contributed by atoms with Crippen LogP contribution in [-0.2, 0) is 0 Å². The predicted molar refractivity (Wildman–Crippen MR) is 81.8 cm³/mol. The first-order chi connectivity index (χ1) is 9.63. The minimum atomic E-state index is -0.129. The van der Waals surface area contributed by atoms with Crippen molar-refractivity contribution in [1.82, 2.24) is 15.3 Å². The Morgan fingerprint density at radius 3 is 2.80 bits per heavy atom. The summed E-state index contributed by atoms with van der Waals surface area (Å²) in [7, 11) is 0. The zero-order valence-electron chi connectivity index (χ0n) is 12.8. The molecule has 20 heavy (non-hydrogen) atoms. The van der Waals surface area contributed by atoms with Gasteiger partial charge in [-0.05, 0) is 24.8 Å². The van der Waals surface area contributed by atoms with Crippen molar-refractivity contribution in [3.8, 4) is 0 Å². The van der Waals surface area contributed by atoms with E-state index in [9.17, 15) is 4.79 Å². The highest BCUT2D eigenvalue weighted by molar-refractivity contribution is 5.92. The van der Waals surface area contributed by atoms with Gasteiger partial charge in [-0.25, -0.2) is 9.97 Å². The number of rotatable bonds is 9. The van der Waals surface area contributed by atoms with Gasteiger partial charge in [0.05, 0.1) is 0 Å². The maximum absolute atomic E-state index is 11.9. The highest BCUT2D eigenvalue weighted by Crippen LogP contribution is 2.03. The van der Waals surface area contributed by atoms with Crippen LogP contribution in [0.15, 0.2) is 12.3 Å². The molecule has 1 amide bonds. The molecular weight excluding hydrogens is 252 g/mol. The van der Waals surface area contributed by atoms with Crippen LogP contribution in [0.5, 0.6) is 0 Å². The van der Waals surface area contributed by atoms with Crippen molar-refractivity contribution in [3.05, 3.63) is 18.0 Å². The summed E-state index contributed by atoms with van der Waals surface area (Å²) in [5, 5.41) is 6.02. The molecule has 0 atom stereocenters. The lowest BCUT2D eigenvalue weighted by molar-refractivity contribution is 0.0948. The Morgan fingerprint density at radius 1 is 1.30 bits per heavy atom. The van der Waals surface area contributed by atoms with Gasteiger partial charge in [0.2, 0.25) is 5.95 Å². The molecule has 0 bridgehead atoms. The SMILES string of the molecule is CCCCCNC(=O)c1ccnc(NCCC(C)C)n1. The highest BCUT2D eigenvalue weighted by atomic mass is 16.1. The fraction of sp³-hybridized carbons (Fsp3) is 0.667. The first-order valence-corrected chi connectivity index (χ1v) is 7.48. The summed E-state index contributed by atoms with van der Waals surface area (Å²) in [6, 6.07) is 1.64. The molecule has 1 heterocycles. The fourth-order valence-corrected chi connectivity index (χ4v) is 1.71. The molecular formula is C15H26N4O. The molecule has 0 saturated heterocycles. The Balaban J connectivity index is 2.43. The minimum Gasteiger partial charge on any atom is -0.354 e. The van der Waals surface area contributed by atoms with Crippen molar-refractivity contribution in [1.29, 1.82) is 0 Å².